The molecule has 1 aliphatic rings. The summed E-state index contributed by atoms with van der Waals surface area (Å²) in [6.07, 6.45) is 9.83. The van der Waals surface area contributed by atoms with Crippen LogP contribution < -0.4 is 5.56 Å². The van der Waals surface area contributed by atoms with Crippen molar-refractivity contribution in [3.8, 4) is 0 Å². The summed E-state index contributed by atoms with van der Waals surface area (Å²) in [4.78, 5) is 17.4. The van der Waals surface area contributed by atoms with Crippen molar-refractivity contribution in [3.63, 3.8) is 0 Å². The molecule has 0 bridgehead atoms. The van der Waals surface area contributed by atoms with Crippen LogP contribution in [0.1, 0.15) is 38.1 Å². The Balaban J connectivity index is 1.70. The molecule has 0 aliphatic heterocycles. The molecule has 3 aromatic heterocycles. The molecule has 0 N–H and O–H groups in total. The zero-order valence-corrected chi connectivity index (χ0v) is 18.6. The third kappa shape index (κ3) is 3.57. The molecule has 0 unspecified atom stereocenters. The summed E-state index contributed by atoms with van der Waals surface area (Å²) in [5, 5.41) is 1.77. The van der Waals surface area contributed by atoms with Crippen LogP contribution in [0.3, 0.4) is 0 Å². The van der Waals surface area contributed by atoms with E-state index < -0.39 is 8.07 Å². The zero-order chi connectivity index (χ0) is 19.9. The molecule has 28 heavy (non-hydrogen) atoms. The average molecular weight is 401 g/mol. The minimum Gasteiger partial charge on any atom is -0.361 e. The lowest BCUT2D eigenvalue weighted by atomic mass is 9.95. The molecule has 0 radical (unpaired) electrons. The van der Waals surface area contributed by atoms with Crippen LogP contribution in [0.25, 0.3) is 21.9 Å². The highest BCUT2D eigenvalue weighted by Crippen LogP contribution is 2.32. The molecule has 3 heterocycles. The highest BCUT2D eigenvalue weighted by Gasteiger charge is 2.23. The van der Waals surface area contributed by atoms with E-state index in [1.54, 1.807) is 10.9 Å². The monoisotopic (exact) mass is 400 g/mol. The third-order valence-electron chi connectivity index (χ3n) is 5.98. The van der Waals surface area contributed by atoms with E-state index in [0.29, 0.717) is 12.8 Å². The molecule has 0 aromatic carbocycles. The summed E-state index contributed by atoms with van der Waals surface area (Å²) in [5.74, 6) is 0. The molecule has 0 saturated heterocycles. The Hall–Kier alpha value is -1.86. The van der Waals surface area contributed by atoms with Crippen LogP contribution >= 0.6 is 0 Å². The molecule has 152 valence electrons. The minimum absolute atomic E-state index is 0.0501. The summed E-state index contributed by atoms with van der Waals surface area (Å²) in [7, 11) is 0.798. The first-order valence-electron chi connectivity index (χ1n) is 10.5. The average Bonchev–Trinajstić information content (AvgIpc) is 3.18. The number of hydrogen-bond acceptors (Lipinski definition) is 3. The van der Waals surface area contributed by atoms with E-state index in [1.165, 1.54) is 19.3 Å². The molecule has 6 nitrogen and oxygen atoms in total. The maximum atomic E-state index is 12.8. The Labute approximate surface area is 167 Å². The highest BCUT2D eigenvalue weighted by atomic mass is 28.3. The van der Waals surface area contributed by atoms with Crippen molar-refractivity contribution < 1.29 is 4.74 Å². The molecule has 0 spiro atoms. The fourth-order valence-electron chi connectivity index (χ4n) is 4.35. The second-order valence-electron chi connectivity index (χ2n) is 9.36. The minimum atomic E-state index is -1.09. The molecule has 1 saturated carbocycles. The largest absolute Gasteiger partial charge is 0.361 e. The van der Waals surface area contributed by atoms with E-state index in [1.807, 2.05) is 13.2 Å². The van der Waals surface area contributed by atoms with Crippen LogP contribution in [0.4, 0.5) is 0 Å². The van der Waals surface area contributed by atoms with Gasteiger partial charge in [0.2, 0.25) is 0 Å². The van der Waals surface area contributed by atoms with Gasteiger partial charge >= 0.3 is 0 Å². The first-order valence-corrected chi connectivity index (χ1v) is 14.2. The quantitative estimate of drug-likeness (QED) is 0.452. The Bertz CT molecular complexity index is 1030. The SMILES string of the molecule is Cn1c(=O)c2cnc3c(ccn3COCC[Si](C)(C)C)c2n1C1CCCCC1. The van der Waals surface area contributed by atoms with Crippen LogP contribution in [-0.2, 0) is 18.5 Å². The molecule has 1 aliphatic carbocycles. The van der Waals surface area contributed by atoms with Gasteiger partial charge in [0.25, 0.3) is 5.56 Å². The van der Waals surface area contributed by atoms with Crippen LogP contribution in [0.2, 0.25) is 25.7 Å². The van der Waals surface area contributed by atoms with E-state index in [-0.39, 0.29) is 5.56 Å². The maximum absolute atomic E-state index is 12.8. The molecular weight excluding hydrogens is 368 g/mol. The summed E-state index contributed by atoms with van der Waals surface area (Å²) in [5.41, 5.74) is 1.98. The number of ether oxygens (including phenoxy) is 1. The molecule has 0 atom stereocenters. The molecular formula is C21H32N4O2Si. The first kappa shape index (κ1) is 19.5. The Morgan fingerprint density at radius 2 is 1.93 bits per heavy atom. The number of pyridine rings is 1. The number of fused-ring (bicyclic) bond motifs is 3. The van der Waals surface area contributed by atoms with E-state index in [9.17, 15) is 4.79 Å². The molecule has 1 fully saturated rings. The van der Waals surface area contributed by atoms with Gasteiger partial charge in [-0.2, -0.15) is 0 Å². The van der Waals surface area contributed by atoms with Gasteiger partial charge in [0.1, 0.15) is 12.4 Å². The number of aromatic nitrogens is 4. The van der Waals surface area contributed by atoms with Crippen molar-refractivity contribution in [2.45, 2.75) is 70.6 Å². The fraction of sp³-hybridized carbons (Fsp3) is 0.619. The van der Waals surface area contributed by atoms with Gasteiger partial charge in [-0.3, -0.25) is 14.2 Å². The van der Waals surface area contributed by atoms with Crippen molar-refractivity contribution in [2.75, 3.05) is 6.61 Å². The Morgan fingerprint density at radius 1 is 1.18 bits per heavy atom. The normalized spacial score (nSPS) is 16.4. The topological polar surface area (TPSA) is 54.0 Å². The lowest BCUT2D eigenvalue weighted by molar-refractivity contribution is 0.0899. The molecule has 3 aromatic rings. The van der Waals surface area contributed by atoms with Crippen molar-refractivity contribution >= 4 is 30.0 Å². The number of nitrogens with zero attached hydrogens (tertiary/aromatic N) is 4. The number of rotatable bonds is 6. The van der Waals surface area contributed by atoms with E-state index in [2.05, 4.69) is 39.9 Å². The Kier molecular flexibility index (Phi) is 5.22. The van der Waals surface area contributed by atoms with Gasteiger partial charge in [-0.25, -0.2) is 4.98 Å². The van der Waals surface area contributed by atoms with Crippen LogP contribution in [0.5, 0.6) is 0 Å². The van der Waals surface area contributed by atoms with E-state index in [4.69, 9.17) is 4.74 Å². The fourth-order valence-corrected chi connectivity index (χ4v) is 5.11. The van der Waals surface area contributed by atoms with E-state index in [0.717, 1.165) is 47.4 Å². The number of hydrogen-bond donors (Lipinski definition) is 0. The lowest BCUT2D eigenvalue weighted by Crippen LogP contribution is -2.24. The van der Waals surface area contributed by atoms with Crippen molar-refractivity contribution in [1.82, 2.24) is 18.9 Å². The maximum Gasteiger partial charge on any atom is 0.275 e. The first-order chi connectivity index (χ1) is 13.4. The zero-order valence-electron chi connectivity index (χ0n) is 17.6. The molecule has 0 amide bonds. The second kappa shape index (κ2) is 7.52. The van der Waals surface area contributed by atoms with Gasteiger partial charge in [0.15, 0.2) is 0 Å². The summed E-state index contributed by atoms with van der Waals surface area (Å²) < 4.78 is 12.0. The predicted molar refractivity (Wildman–Crippen MR) is 117 cm³/mol. The standard InChI is InChI=1S/C21H32N4O2Si/c1-23-21(26)18-14-22-20-17(19(18)25(23)16-8-6-5-7-9-16)10-11-24(20)15-27-12-13-28(2,3)4/h10-11,14,16H,5-9,12-13,15H2,1-4H3. The third-order valence-corrected chi connectivity index (χ3v) is 7.69. The second-order valence-corrected chi connectivity index (χ2v) is 15.0. The van der Waals surface area contributed by atoms with Gasteiger partial charge in [-0.15, -0.1) is 0 Å². The van der Waals surface area contributed by atoms with Crippen LogP contribution in [-0.4, -0.2) is 33.6 Å². The summed E-state index contributed by atoms with van der Waals surface area (Å²) in [6, 6.07) is 3.64. The van der Waals surface area contributed by atoms with Crippen LogP contribution in [0.15, 0.2) is 23.3 Å². The molecule has 7 heteroatoms. The summed E-state index contributed by atoms with van der Waals surface area (Å²) >= 11 is 0. The van der Waals surface area contributed by atoms with Crippen molar-refractivity contribution in [2.24, 2.45) is 7.05 Å². The van der Waals surface area contributed by atoms with Gasteiger partial charge in [-0.05, 0) is 25.0 Å². The van der Waals surface area contributed by atoms with Gasteiger partial charge < -0.3 is 9.30 Å². The predicted octanol–water partition coefficient (Wildman–Crippen LogP) is 4.51. The smallest absolute Gasteiger partial charge is 0.275 e. The lowest BCUT2D eigenvalue weighted by Gasteiger charge is -2.25. The van der Waals surface area contributed by atoms with Gasteiger partial charge in [0.05, 0.1) is 16.9 Å². The molecule has 4 rings (SSSR count). The Morgan fingerprint density at radius 3 is 2.64 bits per heavy atom. The highest BCUT2D eigenvalue weighted by molar-refractivity contribution is 6.76. The van der Waals surface area contributed by atoms with E-state index >= 15 is 0 Å². The van der Waals surface area contributed by atoms with Crippen molar-refractivity contribution in [1.29, 1.82) is 0 Å². The van der Waals surface area contributed by atoms with Crippen LogP contribution in [0, 0.1) is 0 Å². The van der Waals surface area contributed by atoms with Gasteiger partial charge in [-0.1, -0.05) is 38.9 Å². The van der Waals surface area contributed by atoms with Gasteiger partial charge in [0, 0.05) is 39.5 Å². The van der Waals surface area contributed by atoms with Crippen molar-refractivity contribution in [3.05, 3.63) is 28.8 Å². The summed E-state index contributed by atoms with van der Waals surface area (Å²) in [6.45, 7) is 8.38.